The molecular weight excluding hydrogens is 709 g/mol. The first kappa shape index (κ1) is 39.1. The average molecular weight is 747 g/mol. The molecule has 278 valence electrons. The van der Waals surface area contributed by atoms with E-state index >= 15 is 0 Å². The SMILES string of the molecule is Cc1ccc(-c2cc(C(F)(F)F)nn2-c2ccc(S(=O)(=O)NC(=O)OCCCCCCN(C)/[N+]([O-])=N/OC(C)OC(=O)c3ccccc3)cc2)cc1. The van der Waals surface area contributed by atoms with Gasteiger partial charge in [-0.15, -0.1) is 5.01 Å². The zero-order valence-corrected chi connectivity index (χ0v) is 29.3. The lowest BCUT2D eigenvalue weighted by molar-refractivity contribution is -0.707. The van der Waals surface area contributed by atoms with Crippen molar-refractivity contribution in [1.82, 2.24) is 19.5 Å². The highest BCUT2D eigenvalue weighted by molar-refractivity contribution is 7.90. The van der Waals surface area contributed by atoms with Crippen molar-refractivity contribution in [2.24, 2.45) is 5.28 Å². The summed E-state index contributed by atoms with van der Waals surface area (Å²) in [4.78, 5) is 29.1. The lowest BCUT2D eigenvalue weighted by atomic mass is 10.1. The van der Waals surface area contributed by atoms with Crippen LogP contribution in [0.2, 0.25) is 0 Å². The van der Waals surface area contributed by atoms with Crippen LogP contribution in [0.15, 0.2) is 95.1 Å². The molecule has 1 amide bonds. The lowest BCUT2D eigenvalue weighted by Crippen LogP contribution is -2.31. The summed E-state index contributed by atoms with van der Waals surface area (Å²) in [5, 5.41) is 20.4. The highest BCUT2D eigenvalue weighted by atomic mass is 32.2. The Balaban J connectivity index is 1.18. The number of aryl methyl sites for hydroxylation is 1. The van der Waals surface area contributed by atoms with Crippen molar-refractivity contribution in [3.63, 3.8) is 0 Å². The van der Waals surface area contributed by atoms with Gasteiger partial charge in [0.1, 0.15) is 0 Å². The fourth-order valence-corrected chi connectivity index (χ4v) is 5.53. The van der Waals surface area contributed by atoms with Crippen LogP contribution in [-0.2, 0) is 30.5 Å². The highest BCUT2D eigenvalue weighted by Crippen LogP contribution is 2.33. The number of hydrogen-bond acceptors (Lipinski definition) is 10. The molecule has 0 fully saturated rings. The van der Waals surface area contributed by atoms with E-state index in [0.29, 0.717) is 43.4 Å². The van der Waals surface area contributed by atoms with E-state index in [1.54, 1.807) is 54.6 Å². The van der Waals surface area contributed by atoms with Crippen LogP contribution < -0.4 is 4.72 Å². The van der Waals surface area contributed by atoms with Gasteiger partial charge in [-0.1, -0.05) is 54.4 Å². The van der Waals surface area contributed by atoms with Crippen LogP contribution in [-0.4, -0.2) is 66.7 Å². The first-order chi connectivity index (χ1) is 24.6. The number of hydrazine groups is 1. The molecule has 14 nitrogen and oxygen atoms in total. The van der Waals surface area contributed by atoms with Crippen LogP contribution in [0.1, 0.15) is 54.2 Å². The number of esters is 1. The molecule has 0 spiro atoms. The number of halogens is 3. The molecule has 4 aromatic rings. The molecule has 1 N–H and O–H groups in total. The molecule has 1 aromatic heterocycles. The van der Waals surface area contributed by atoms with Gasteiger partial charge in [0, 0.05) is 12.5 Å². The summed E-state index contributed by atoms with van der Waals surface area (Å²) in [7, 11) is -2.87. The van der Waals surface area contributed by atoms with Gasteiger partial charge in [0.15, 0.2) is 5.69 Å². The Bertz CT molecular complexity index is 1940. The number of carbonyl (C=O) groups is 2. The predicted octanol–water partition coefficient (Wildman–Crippen LogP) is 6.79. The molecule has 52 heavy (non-hydrogen) atoms. The van der Waals surface area contributed by atoms with Gasteiger partial charge in [-0.3, -0.25) is 4.84 Å². The number of unbranched alkanes of at least 4 members (excludes halogenated alkanes) is 3. The highest BCUT2D eigenvalue weighted by Gasteiger charge is 2.35. The monoisotopic (exact) mass is 746 g/mol. The molecule has 0 aliphatic rings. The van der Waals surface area contributed by atoms with Crippen molar-refractivity contribution in [3.05, 3.63) is 107 Å². The molecule has 1 unspecified atom stereocenters. The van der Waals surface area contributed by atoms with E-state index in [1.165, 1.54) is 31.1 Å². The minimum Gasteiger partial charge on any atom is -0.569 e. The number of sulfonamides is 1. The second-order valence-electron chi connectivity index (χ2n) is 11.5. The van der Waals surface area contributed by atoms with Gasteiger partial charge in [0.25, 0.3) is 16.3 Å². The van der Waals surface area contributed by atoms with E-state index in [-0.39, 0.29) is 27.9 Å². The standard InChI is InChI=1S/C34H37F3N6O8S/c1-24-13-15-26(16-14-24)30-23-31(34(35,36)37)38-42(30)28-17-19-29(20-18-28)52(47,48)39-33(45)49-22-10-5-4-9-21-41(3)43(46)40-51-25(2)50-32(44)27-11-7-6-8-12-27/h6-8,11-20,23,25H,4-5,9-10,21-22H2,1-3H3,(H,39,45)/b43-40-. The average Bonchev–Trinajstić information content (AvgIpc) is 3.57. The topological polar surface area (TPSA) is 167 Å². The van der Waals surface area contributed by atoms with Gasteiger partial charge in [-0.2, -0.15) is 18.3 Å². The molecule has 0 saturated carbocycles. The zero-order valence-electron chi connectivity index (χ0n) is 28.4. The largest absolute Gasteiger partial charge is 0.569 e. The summed E-state index contributed by atoms with van der Waals surface area (Å²) in [5.41, 5.74) is 0.922. The fourth-order valence-electron chi connectivity index (χ4n) is 4.64. The van der Waals surface area contributed by atoms with Gasteiger partial charge in [-0.25, -0.2) is 27.4 Å². The number of ether oxygens (including phenoxy) is 2. The minimum atomic E-state index is -4.70. The quantitative estimate of drug-likeness (QED) is 0.0322. The van der Waals surface area contributed by atoms with Crippen molar-refractivity contribution >= 4 is 22.1 Å². The summed E-state index contributed by atoms with van der Waals surface area (Å²) < 4.78 is 79.0. The van der Waals surface area contributed by atoms with Crippen LogP contribution in [0, 0.1) is 12.1 Å². The summed E-state index contributed by atoms with van der Waals surface area (Å²) >= 11 is 0. The third-order valence-corrected chi connectivity index (χ3v) is 8.73. The number of nitrogens with one attached hydrogen (secondary N) is 1. The van der Waals surface area contributed by atoms with E-state index in [4.69, 9.17) is 14.3 Å². The van der Waals surface area contributed by atoms with E-state index < -0.39 is 40.2 Å². The molecule has 0 aliphatic heterocycles. The van der Waals surface area contributed by atoms with Gasteiger partial charge in [0.2, 0.25) is 5.28 Å². The maximum absolute atomic E-state index is 13.5. The number of benzene rings is 3. The molecule has 1 heterocycles. The molecule has 0 aliphatic carbocycles. The Labute approximate surface area is 298 Å². The van der Waals surface area contributed by atoms with Crippen LogP contribution >= 0.6 is 0 Å². The van der Waals surface area contributed by atoms with Gasteiger partial charge in [-0.05, 0) is 68.7 Å². The number of aromatic nitrogens is 2. The predicted molar refractivity (Wildman–Crippen MR) is 180 cm³/mol. The molecule has 4 rings (SSSR count). The molecular formula is C34H37F3N6O8S. The lowest BCUT2D eigenvalue weighted by Gasteiger charge is -2.14. The summed E-state index contributed by atoms with van der Waals surface area (Å²) in [6.45, 7) is 3.49. The number of hydrogen-bond donors (Lipinski definition) is 1. The Morgan fingerprint density at radius 3 is 2.31 bits per heavy atom. The van der Waals surface area contributed by atoms with Gasteiger partial charge in [0.05, 0.1) is 47.0 Å². The Hall–Kier alpha value is -5.65. The van der Waals surface area contributed by atoms with Crippen molar-refractivity contribution in [1.29, 1.82) is 0 Å². The molecule has 3 aromatic carbocycles. The van der Waals surface area contributed by atoms with Crippen LogP contribution in [0.5, 0.6) is 0 Å². The second-order valence-corrected chi connectivity index (χ2v) is 13.2. The first-order valence-electron chi connectivity index (χ1n) is 16.0. The smallest absolute Gasteiger partial charge is 0.435 e. The van der Waals surface area contributed by atoms with Crippen LogP contribution in [0.4, 0.5) is 18.0 Å². The Morgan fingerprint density at radius 1 is 1.00 bits per heavy atom. The third kappa shape index (κ3) is 11.2. The normalized spacial score (nSPS) is 12.5. The third-order valence-electron chi connectivity index (χ3n) is 7.41. The van der Waals surface area contributed by atoms with E-state index in [9.17, 15) is 36.4 Å². The van der Waals surface area contributed by atoms with Crippen molar-refractivity contribution in [2.75, 3.05) is 20.2 Å². The Kier molecular flexibility index (Phi) is 13.2. The molecule has 18 heteroatoms. The number of rotatable bonds is 16. The van der Waals surface area contributed by atoms with Gasteiger partial charge >= 0.3 is 18.2 Å². The van der Waals surface area contributed by atoms with Crippen molar-refractivity contribution in [2.45, 2.75) is 56.9 Å². The van der Waals surface area contributed by atoms with Crippen LogP contribution in [0.25, 0.3) is 16.9 Å². The van der Waals surface area contributed by atoms with E-state index in [2.05, 4.69) is 10.4 Å². The van der Waals surface area contributed by atoms with Crippen molar-refractivity contribution < 1.29 is 50.5 Å². The fraction of sp³-hybridized carbons (Fsp3) is 0.324. The minimum absolute atomic E-state index is 0.0742. The van der Waals surface area contributed by atoms with E-state index in [0.717, 1.165) is 28.4 Å². The summed E-state index contributed by atoms with van der Waals surface area (Å²) in [6, 6.07) is 20.8. The Morgan fingerprint density at radius 2 is 1.65 bits per heavy atom. The second kappa shape index (κ2) is 17.5. The van der Waals surface area contributed by atoms with Crippen LogP contribution in [0.3, 0.4) is 0 Å². The van der Waals surface area contributed by atoms with Crippen molar-refractivity contribution in [3.8, 4) is 16.9 Å². The maximum Gasteiger partial charge on any atom is 0.435 e. The maximum atomic E-state index is 13.5. The van der Waals surface area contributed by atoms with E-state index in [1.807, 2.05) is 11.6 Å². The number of amides is 1. The molecule has 0 bridgehead atoms. The van der Waals surface area contributed by atoms with Gasteiger partial charge < -0.3 is 14.7 Å². The molecule has 0 saturated heterocycles. The molecule has 1 atom stereocenters. The number of alkyl halides is 3. The number of carbonyl (C=O) groups excluding carboxylic acids is 2. The summed E-state index contributed by atoms with van der Waals surface area (Å²) in [5.74, 6) is -0.627. The number of nitrogens with zero attached hydrogens (tertiary/aromatic N) is 5. The zero-order chi connectivity index (χ0) is 37.9. The summed E-state index contributed by atoms with van der Waals surface area (Å²) in [6.07, 6.45) is -4.77. The first-order valence-corrected chi connectivity index (χ1v) is 17.5. The molecule has 0 radical (unpaired) electrons.